The average Bonchev–Trinajstić information content (AvgIpc) is 3.14. The number of rotatable bonds is 11. The molecule has 0 aromatic carbocycles. The number of nitrogens with one attached hydrogen (secondary N) is 2. The smallest absolute Gasteiger partial charge is 0.191 e. The molecule has 0 bridgehead atoms. The summed E-state index contributed by atoms with van der Waals surface area (Å²) in [7, 11) is 1.86. The molecule has 0 saturated carbocycles. The quantitative estimate of drug-likeness (QED) is 0.334. The van der Waals surface area contributed by atoms with Crippen LogP contribution in [0.3, 0.4) is 0 Å². The van der Waals surface area contributed by atoms with Crippen molar-refractivity contribution in [3.63, 3.8) is 0 Å². The standard InChI is InChI=1S/C21H39N5OS/c1-5-18(6-2)19(26-11-13-27-14-12-26)15-24-21(22-4)23-10-8-7-9-20-25-17(3)16-28-20/h16,18-19H,5-15H2,1-4H3,(H2,22,23,24). The predicted molar refractivity (Wildman–Crippen MR) is 119 cm³/mol. The highest BCUT2D eigenvalue weighted by molar-refractivity contribution is 7.09. The van der Waals surface area contributed by atoms with E-state index in [1.54, 1.807) is 11.3 Å². The summed E-state index contributed by atoms with van der Waals surface area (Å²) < 4.78 is 5.55. The zero-order valence-corrected chi connectivity index (χ0v) is 19.0. The van der Waals surface area contributed by atoms with Crippen LogP contribution in [0.5, 0.6) is 0 Å². The van der Waals surface area contributed by atoms with Crippen LogP contribution in [0, 0.1) is 12.8 Å². The molecule has 1 aromatic heterocycles. The van der Waals surface area contributed by atoms with E-state index >= 15 is 0 Å². The summed E-state index contributed by atoms with van der Waals surface area (Å²) in [6.07, 6.45) is 5.77. The molecule has 160 valence electrons. The Balaban J connectivity index is 1.73. The highest BCUT2D eigenvalue weighted by Crippen LogP contribution is 2.19. The first-order valence-electron chi connectivity index (χ1n) is 10.8. The number of hydrogen-bond acceptors (Lipinski definition) is 5. The van der Waals surface area contributed by atoms with E-state index in [-0.39, 0.29) is 0 Å². The minimum atomic E-state index is 0.533. The second kappa shape index (κ2) is 13.1. The zero-order valence-electron chi connectivity index (χ0n) is 18.2. The van der Waals surface area contributed by atoms with Gasteiger partial charge < -0.3 is 15.4 Å². The summed E-state index contributed by atoms with van der Waals surface area (Å²) in [5.74, 6) is 1.61. The third-order valence-electron chi connectivity index (χ3n) is 5.59. The molecule has 1 atom stereocenters. The van der Waals surface area contributed by atoms with Crippen LogP contribution in [0.4, 0.5) is 0 Å². The Morgan fingerprint density at radius 3 is 2.61 bits per heavy atom. The van der Waals surface area contributed by atoms with E-state index in [9.17, 15) is 0 Å². The summed E-state index contributed by atoms with van der Waals surface area (Å²) in [5.41, 5.74) is 1.13. The topological polar surface area (TPSA) is 61.8 Å². The van der Waals surface area contributed by atoms with Gasteiger partial charge in [0.05, 0.1) is 18.2 Å². The van der Waals surface area contributed by atoms with Crippen LogP contribution in [-0.4, -0.2) is 68.3 Å². The van der Waals surface area contributed by atoms with E-state index in [0.717, 1.165) is 70.3 Å². The number of guanidine groups is 1. The van der Waals surface area contributed by atoms with E-state index in [1.165, 1.54) is 17.8 Å². The van der Waals surface area contributed by atoms with Gasteiger partial charge in [-0.25, -0.2) is 4.98 Å². The maximum atomic E-state index is 5.55. The number of aliphatic imine (C=N–C) groups is 1. The van der Waals surface area contributed by atoms with Gasteiger partial charge >= 0.3 is 0 Å². The van der Waals surface area contributed by atoms with Gasteiger partial charge in [0, 0.05) is 50.3 Å². The lowest BCUT2D eigenvalue weighted by Gasteiger charge is -2.39. The number of nitrogens with zero attached hydrogens (tertiary/aromatic N) is 3. The number of morpholine rings is 1. The van der Waals surface area contributed by atoms with Crippen LogP contribution < -0.4 is 10.6 Å². The maximum Gasteiger partial charge on any atom is 0.191 e. The van der Waals surface area contributed by atoms with Gasteiger partial charge in [0.25, 0.3) is 0 Å². The summed E-state index contributed by atoms with van der Waals surface area (Å²) >= 11 is 1.77. The molecule has 6 nitrogen and oxygen atoms in total. The molecule has 1 aliphatic heterocycles. The Bertz CT molecular complexity index is 567. The minimum Gasteiger partial charge on any atom is -0.379 e. The van der Waals surface area contributed by atoms with Crippen LogP contribution in [-0.2, 0) is 11.2 Å². The lowest BCUT2D eigenvalue weighted by Crippen LogP contribution is -2.53. The first-order valence-corrected chi connectivity index (χ1v) is 11.7. The van der Waals surface area contributed by atoms with E-state index in [0.29, 0.717) is 12.0 Å². The van der Waals surface area contributed by atoms with Crippen LogP contribution >= 0.6 is 11.3 Å². The Morgan fingerprint density at radius 1 is 1.25 bits per heavy atom. The highest BCUT2D eigenvalue weighted by atomic mass is 32.1. The molecule has 1 saturated heterocycles. The first kappa shape index (κ1) is 23.1. The molecule has 7 heteroatoms. The van der Waals surface area contributed by atoms with Crippen LogP contribution in [0.2, 0.25) is 0 Å². The number of thiazole rings is 1. The van der Waals surface area contributed by atoms with Gasteiger partial charge in [-0.2, -0.15) is 0 Å². The maximum absolute atomic E-state index is 5.55. The third kappa shape index (κ3) is 7.68. The molecule has 1 fully saturated rings. The molecule has 2 rings (SSSR count). The fraction of sp³-hybridized carbons (Fsp3) is 0.810. The second-order valence-corrected chi connectivity index (χ2v) is 8.45. The fourth-order valence-corrected chi connectivity index (χ4v) is 4.70. The highest BCUT2D eigenvalue weighted by Gasteiger charge is 2.26. The molecule has 0 aliphatic carbocycles. The molecule has 0 amide bonds. The van der Waals surface area contributed by atoms with Crippen molar-refractivity contribution in [1.29, 1.82) is 0 Å². The van der Waals surface area contributed by atoms with Crippen LogP contribution in [0.1, 0.15) is 50.2 Å². The lowest BCUT2D eigenvalue weighted by molar-refractivity contribution is 0.00272. The Morgan fingerprint density at radius 2 is 2.00 bits per heavy atom. The van der Waals surface area contributed by atoms with Gasteiger partial charge in [0.2, 0.25) is 0 Å². The minimum absolute atomic E-state index is 0.533. The fourth-order valence-electron chi connectivity index (χ4n) is 3.88. The van der Waals surface area contributed by atoms with Crippen LogP contribution in [0.15, 0.2) is 10.4 Å². The third-order valence-corrected chi connectivity index (χ3v) is 6.61. The van der Waals surface area contributed by atoms with Crippen molar-refractivity contribution in [3.8, 4) is 0 Å². The molecule has 1 unspecified atom stereocenters. The molecule has 1 aromatic rings. The number of unbranched alkanes of at least 4 members (excludes halogenated alkanes) is 1. The molecule has 28 heavy (non-hydrogen) atoms. The predicted octanol–water partition coefficient (Wildman–Crippen LogP) is 3.08. The van der Waals surface area contributed by atoms with Gasteiger partial charge in [0.1, 0.15) is 0 Å². The monoisotopic (exact) mass is 409 g/mol. The second-order valence-electron chi connectivity index (χ2n) is 7.51. The molecule has 2 heterocycles. The molecule has 2 N–H and O–H groups in total. The van der Waals surface area contributed by atoms with Gasteiger partial charge in [-0.3, -0.25) is 9.89 Å². The van der Waals surface area contributed by atoms with E-state index in [4.69, 9.17) is 4.74 Å². The molecular weight excluding hydrogens is 370 g/mol. The average molecular weight is 410 g/mol. The van der Waals surface area contributed by atoms with Gasteiger partial charge in [-0.05, 0) is 32.1 Å². The first-order chi connectivity index (χ1) is 13.7. The largest absolute Gasteiger partial charge is 0.379 e. The summed E-state index contributed by atoms with van der Waals surface area (Å²) in [6, 6.07) is 0.533. The van der Waals surface area contributed by atoms with Crippen molar-refractivity contribution in [2.75, 3.05) is 46.4 Å². The summed E-state index contributed by atoms with van der Waals surface area (Å²) in [4.78, 5) is 11.5. The van der Waals surface area contributed by atoms with Crippen molar-refractivity contribution in [3.05, 3.63) is 16.1 Å². The van der Waals surface area contributed by atoms with Gasteiger partial charge in [-0.15, -0.1) is 11.3 Å². The SMILES string of the molecule is CCC(CC)C(CNC(=NC)NCCCCc1nc(C)cs1)N1CCOCC1. The van der Waals surface area contributed by atoms with E-state index < -0.39 is 0 Å². The number of hydrogen-bond donors (Lipinski definition) is 2. The van der Waals surface area contributed by atoms with Crippen molar-refractivity contribution < 1.29 is 4.74 Å². The number of aryl methyl sites for hydroxylation is 2. The Hall–Kier alpha value is -1.18. The Kier molecular flexibility index (Phi) is 10.8. The van der Waals surface area contributed by atoms with Crippen LogP contribution in [0.25, 0.3) is 0 Å². The van der Waals surface area contributed by atoms with E-state index in [2.05, 4.69) is 51.7 Å². The van der Waals surface area contributed by atoms with E-state index in [1.807, 2.05) is 7.05 Å². The van der Waals surface area contributed by atoms with Crippen molar-refractivity contribution in [2.45, 2.75) is 58.9 Å². The zero-order chi connectivity index (χ0) is 20.2. The molecule has 0 spiro atoms. The molecule has 1 aliphatic rings. The molecular formula is C21H39N5OS. The lowest BCUT2D eigenvalue weighted by atomic mass is 9.92. The number of aromatic nitrogens is 1. The van der Waals surface area contributed by atoms with Crippen molar-refractivity contribution in [2.24, 2.45) is 10.9 Å². The summed E-state index contributed by atoms with van der Waals surface area (Å²) in [5, 5.41) is 10.4. The normalized spacial score (nSPS) is 17.1. The van der Waals surface area contributed by atoms with Crippen molar-refractivity contribution in [1.82, 2.24) is 20.5 Å². The summed E-state index contributed by atoms with van der Waals surface area (Å²) in [6.45, 7) is 12.3. The Labute approximate surface area is 175 Å². The molecule has 0 radical (unpaired) electrons. The number of ether oxygens (including phenoxy) is 1. The van der Waals surface area contributed by atoms with Gasteiger partial charge in [0.15, 0.2) is 5.96 Å². The van der Waals surface area contributed by atoms with Gasteiger partial charge in [-0.1, -0.05) is 26.7 Å². The van der Waals surface area contributed by atoms with Crippen molar-refractivity contribution >= 4 is 17.3 Å².